The molecular weight excluding hydrogens is 406 g/mol. The molecule has 3 nitrogen and oxygen atoms in total. The molecule has 1 amide bonds. The summed E-state index contributed by atoms with van der Waals surface area (Å²) >= 11 is 0. The van der Waals surface area contributed by atoms with Gasteiger partial charge in [-0.1, -0.05) is 84.7 Å². The van der Waals surface area contributed by atoms with Crippen molar-refractivity contribution in [2.75, 3.05) is 13.1 Å². The Morgan fingerprint density at radius 3 is 1.91 bits per heavy atom. The molecule has 3 heteroatoms. The zero-order chi connectivity index (χ0) is 24.2. The maximum atomic E-state index is 13.7. The summed E-state index contributed by atoms with van der Waals surface area (Å²) < 4.78 is 0. The number of fused-ring (bicyclic) bond motifs is 1. The zero-order valence-corrected chi connectivity index (χ0v) is 21.5. The molecule has 0 radical (unpaired) electrons. The number of unbranched alkanes of at least 4 members (excludes halogenated alkanes) is 2. The summed E-state index contributed by atoms with van der Waals surface area (Å²) in [5, 5.41) is 0. The molecule has 0 bridgehead atoms. The van der Waals surface area contributed by atoms with Crippen molar-refractivity contribution in [2.45, 2.75) is 90.9 Å². The second kappa shape index (κ2) is 10.2. The summed E-state index contributed by atoms with van der Waals surface area (Å²) in [5.41, 5.74) is 4.45. The molecule has 1 aliphatic rings. The lowest BCUT2D eigenvalue weighted by Crippen LogP contribution is -2.34. The van der Waals surface area contributed by atoms with Gasteiger partial charge in [0.15, 0.2) is 5.78 Å². The van der Waals surface area contributed by atoms with Gasteiger partial charge in [-0.25, -0.2) is 0 Å². The van der Waals surface area contributed by atoms with E-state index in [2.05, 4.69) is 53.7 Å². The van der Waals surface area contributed by atoms with E-state index in [1.165, 1.54) is 11.1 Å². The number of carbonyl (C=O) groups excluding carboxylic acids is 2. The fraction of sp³-hybridized carbons (Fsp3) is 0.533. The van der Waals surface area contributed by atoms with Crippen molar-refractivity contribution in [3.8, 4) is 0 Å². The summed E-state index contributed by atoms with van der Waals surface area (Å²) in [5.74, 6) is -0.0906. The molecule has 2 aromatic rings. The van der Waals surface area contributed by atoms with Crippen molar-refractivity contribution in [1.29, 1.82) is 0 Å². The van der Waals surface area contributed by atoms with Crippen LogP contribution < -0.4 is 0 Å². The van der Waals surface area contributed by atoms with Gasteiger partial charge in [0.1, 0.15) is 0 Å². The maximum Gasteiger partial charge on any atom is 0.254 e. The van der Waals surface area contributed by atoms with Crippen LogP contribution in [0.2, 0.25) is 0 Å². The van der Waals surface area contributed by atoms with Crippen LogP contribution in [0.1, 0.15) is 117 Å². The van der Waals surface area contributed by atoms with Gasteiger partial charge in [0.25, 0.3) is 5.91 Å². The van der Waals surface area contributed by atoms with Gasteiger partial charge in [0.05, 0.1) is 5.56 Å². The molecule has 0 saturated carbocycles. The molecule has 0 aromatic heterocycles. The lowest BCUT2D eigenvalue weighted by atomic mass is 9.63. The quantitative estimate of drug-likeness (QED) is 0.378. The third kappa shape index (κ3) is 5.39. The van der Waals surface area contributed by atoms with E-state index >= 15 is 0 Å². The highest BCUT2D eigenvalue weighted by Gasteiger charge is 2.37. The lowest BCUT2D eigenvalue weighted by molar-refractivity contribution is 0.0747. The number of hydrogen-bond donors (Lipinski definition) is 0. The fourth-order valence-corrected chi connectivity index (χ4v) is 4.94. The van der Waals surface area contributed by atoms with E-state index in [1.807, 2.05) is 35.2 Å². The van der Waals surface area contributed by atoms with Crippen molar-refractivity contribution < 1.29 is 9.59 Å². The predicted molar refractivity (Wildman–Crippen MR) is 137 cm³/mol. The average molecular weight is 448 g/mol. The first-order chi connectivity index (χ1) is 15.6. The molecule has 0 fully saturated rings. The molecule has 0 heterocycles. The van der Waals surface area contributed by atoms with E-state index in [-0.39, 0.29) is 22.5 Å². The van der Waals surface area contributed by atoms with E-state index in [4.69, 9.17) is 0 Å². The molecule has 0 atom stereocenters. The third-order valence-corrected chi connectivity index (χ3v) is 7.37. The average Bonchev–Trinajstić information content (AvgIpc) is 2.81. The van der Waals surface area contributed by atoms with Gasteiger partial charge < -0.3 is 4.90 Å². The smallest absolute Gasteiger partial charge is 0.254 e. The Labute approximate surface area is 200 Å². The summed E-state index contributed by atoms with van der Waals surface area (Å²) in [7, 11) is 0. The summed E-state index contributed by atoms with van der Waals surface area (Å²) in [6.07, 6.45) is 6.27. The van der Waals surface area contributed by atoms with Crippen molar-refractivity contribution >= 4 is 11.7 Å². The number of benzene rings is 2. The number of nitrogens with zero attached hydrogens (tertiary/aromatic N) is 1. The van der Waals surface area contributed by atoms with E-state index in [0.717, 1.165) is 51.6 Å². The van der Waals surface area contributed by atoms with Crippen molar-refractivity contribution in [2.24, 2.45) is 0 Å². The molecule has 0 unspecified atom stereocenters. The van der Waals surface area contributed by atoms with Crippen molar-refractivity contribution in [3.05, 3.63) is 70.3 Å². The zero-order valence-electron chi connectivity index (χ0n) is 21.5. The standard InChI is InChI=1S/C30H41NO2/c1-7-9-19-31(20-10-8-2)28(33)24-14-12-11-13-23(24)27(32)22-15-16-25-26(21-22)30(5,6)18-17-29(25,3)4/h11-16,21H,7-10,17-20H2,1-6H3. The van der Waals surface area contributed by atoms with E-state index in [0.29, 0.717) is 16.7 Å². The summed E-state index contributed by atoms with van der Waals surface area (Å²) in [6.45, 7) is 14.9. The van der Waals surface area contributed by atoms with Crippen LogP contribution in [-0.4, -0.2) is 29.7 Å². The van der Waals surface area contributed by atoms with Crippen LogP contribution in [0.4, 0.5) is 0 Å². The van der Waals surface area contributed by atoms with Crippen LogP contribution in [0.15, 0.2) is 42.5 Å². The van der Waals surface area contributed by atoms with Crippen molar-refractivity contribution in [1.82, 2.24) is 4.90 Å². The Bertz CT molecular complexity index is 994. The minimum absolute atomic E-state index is 0.0275. The lowest BCUT2D eigenvalue weighted by Gasteiger charge is -2.42. The third-order valence-electron chi connectivity index (χ3n) is 7.37. The van der Waals surface area contributed by atoms with Gasteiger partial charge in [-0.3, -0.25) is 9.59 Å². The number of ketones is 1. The van der Waals surface area contributed by atoms with Crippen LogP contribution in [0, 0.1) is 0 Å². The normalized spacial score (nSPS) is 16.2. The van der Waals surface area contributed by atoms with Gasteiger partial charge in [0, 0.05) is 24.2 Å². The molecule has 0 N–H and O–H groups in total. The van der Waals surface area contributed by atoms with Gasteiger partial charge in [-0.05, 0) is 59.8 Å². The highest BCUT2D eigenvalue weighted by molar-refractivity contribution is 6.15. The first-order valence-corrected chi connectivity index (χ1v) is 12.7. The minimum Gasteiger partial charge on any atom is -0.339 e. The van der Waals surface area contributed by atoms with Crippen LogP contribution in [0.25, 0.3) is 0 Å². The highest BCUT2D eigenvalue weighted by atomic mass is 16.2. The van der Waals surface area contributed by atoms with Gasteiger partial charge in [-0.2, -0.15) is 0 Å². The van der Waals surface area contributed by atoms with Gasteiger partial charge in [0.2, 0.25) is 0 Å². The predicted octanol–water partition coefficient (Wildman–Crippen LogP) is 7.31. The molecule has 3 rings (SSSR count). The Hall–Kier alpha value is -2.42. The molecule has 0 saturated heterocycles. The van der Waals surface area contributed by atoms with E-state index < -0.39 is 0 Å². The molecule has 33 heavy (non-hydrogen) atoms. The summed E-state index contributed by atoms with van der Waals surface area (Å²) in [6, 6.07) is 13.5. The summed E-state index contributed by atoms with van der Waals surface area (Å²) in [4.78, 5) is 29.1. The fourth-order valence-electron chi connectivity index (χ4n) is 4.94. The van der Waals surface area contributed by atoms with Gasteiger partial charge >= 0.3 is 0 Å². The Balaban J connectivity index is 1.99. The van der Waals surface area contributed by atoms with E-state index in [9.17, 15) is 9.59 Å². The SMILES string of the molecule is CCCCN(CCCC)C(=O)c1ccccc1C(=O)c1ccc2c(c1)C(C)(C)CCC2(C)C. The number of hydrogen-bond acceptors (Lipinski definition) is 2. The molecule has 0 spiro atoms. The largest absolute Gasteiger partial charge is 0.339 e. The maximum absolute atomic E-state index is 13.7. The molecule has 2 aromatic carbocycles. The Morgan fingerprint density at radius 1 is 0.788 bits per heavy atom. The first kappa shape index (κ1) is 25.2. The minimum atomic E-state index is -0.0631. The number of rotatable bonds is 9. The monoisotopic (exact) mass is 447 g/mol. The molecule has 1 aliphatic carbocycles. The number of carbonyl (C=O) groups is 2. The van der Waals surface area contributed by atoms with Crippen molar-refractivity contribution in [3.63, 3.8) is 0 Å². The Morgan fingerprint density at radius 2 is 1.33 bits per heavy atom. The molecular formula is C30H41NO2. The van der Waals surface area contributed by atoms with Crippen LogP contribution in [-0.2, 0) is 10.8 Å². The molecule has 0 aliphatic heterocycles. The highest BCUT2D eigenvalue weighted by Crippen LogP contribution is 2.46. The van der Waals surface area contributed by atoms with Crippen LogP contribution >= 0.6 is 0 Å². The molecule has 178 valence electrons. The van der Waals surface area contributed by atoms with Crippen LogP contribution in [0.3, 0.4) is 0 Å². The first-order valence-electron chi connectivity index (χ1n) is 12.7. The topological polar surface area (TPSA) is 37.4 Å². The number of amides is 1. The van der Waals surface area contributed by atoms with Crippen LogP contribution in [0.5, 0.6) is 0 Å². The second-order valence-corrected chi connectivity index (χ2v) is 10.9. The second-order valence-electron chi connectivity index (χ2n) is 10.9. The van der Waals surface area contributed by atoms with E-state index in [1.54, 1.807) is 0 Å². The van der Waals surface area contributed by atoms with Gasteiger partial charge in [-0.15, -0.1) is 0 Å². The Kier molecular flexibility index (Phi) is 7.82.